The van der Waals surface area contributed by atoms with Gasteiger partial charge >= 0.3 is 0 Å². The van der Waals surface area contributed by atoms with E-state index in [0.717, 1.165) is 11.3 Å². The molecule has 0 aliphatic heterocycles. The van der Waals surface area contributed by atoms with Gasteiger partial charge in [0.1, 0.15) is 0 Å². The molecule has 2 aromatic rings. The third-order valence-corrected chi connectivity index (χ3v) is 2.59. The molecule has 0 saturated heterocycles. The first kappa shape index (κ1) is 12.4. The van der Waals surface area contributed by atoms with Crippen LogP contribution in [0, 0.1) is 5.92 Å². The Bertz CT molecular complexity index is 602. The average molecular weight is 243 g/mol. The molecule has 2 rings (SSSR count). The van der Waals surface area contributed by atoms with Crippen LogP contribution in [-0.4, -0.2) is 9.78 Å². The van der Waals surface area contributed by atoms with E-state index in [1.807, 2.05) is 24.3 Å². The van der Waals surface area contributed by atoms with E-state index in [1.165, 1.54) is 4.68 Å². The van der Waals surface area contributed by atoms with E-state index in [-0.39, 0.29) is 5.56 Å². The van der Waals surface area contributed by atoms with E-state index in [1.54, 1.807) is 12.1 Å². The van der Waals surface area contributed by atoms with Gasteiger partial charge in [0, 0.05) is 23.9 Å². The van der Waals surface area contributed by atoms with Crippen LogP contribution in [0.4, 0.5) is 5.69 Å². The minimum absolute atomic E-state index is 0.0728. The summed E-state index contributed by atoms with van der Waals surface area (Å²) >= 11 is 0. The van der Waals surface area contributed by atoms with Crippen molar-refractivity contribution in [2.24, 2.45) is 5.92 Å². The fourth-order valence-electron chi connectivity index (χ4n) is 1.78. The van der Waals surface area contributed by atoms with Gasteiger partial charge in [-0.2, -0.15) is 5.10 Å². The molecule has 0 saturated carbocycles. The van der Waals surface area contributed by atoms with E-state index >= 15 is 0 Å². The van der Waals surface area contributed by atoms with Crippen LogP contribution in [0.1, 0.15) is 13.8 Å². The predicted molar refractivity (Wildman–Crippen MR) is 73.2 cm³/mol. The van der Waals surface area contributed by atoms with Gasteiger partial charge in [-0.3, -0.25) is 4.79 Å². The highest BCUT2D eigenvalue weighted by Crippen LogP contribution is 2.18. The number of nitrogen functional groups attached to an aromatic ring is 1. The number of rotatable bonds is 3. The van der Waals surface area contributed by atoms with Crippen molar-refractivity contribution in [1.29, 1.82) is 0 Å². The molecule has 0 radical (unpaired) electrons. The lowest BCUT2D eigenvalue weighted by Crippen LogP contribution is -2.24. The highest BCUT2D eigenvalue weighted by molar-refractivity contribution is 5.63. The number of benzene rings is 1. The van der Waals surface area contributed by atoms with Gasteiger partial charge in [0.15, 0.2) is 0 Å². The normalized spacial score (nSPS) is 10.8. The van der Waals surface area contributed by atoms with Crippen LogP contribution >= 0.6 is 0 Å². The van der Waals surface area contributed by atoms with Gasteiger partial charge < -0.3 is 5.73 Å². The van der Waals surface area contributed by atoms with Crippen molar-refractivity contribution in [3.63, 3.8) is 0 Å². The van der Waals surface area contributed by atoms with Crippen LogP contribution < -0.4 is 11.3 Å². The maximum absolute atomic E-state index is 11.7. The highest BCUT2D eigenvalue weighted by Gasteiger charge is 2.05. The Hall–Kier alpha value is -2.10. The predicted octanol–water partition coefficient (Wildman–Crippen LogP) is 2.15. The van der Waals surface area contributed by atoms with E-state index in [0.29, 0.717) is 18.2 Å². The van der Waals surface area contributed by atoms with Crippen molar-refractivity contribution >= 4 is 5.69 Å². The lowest BCUT2D eigenvalue weighted by Gasteiger charge is -2.09. The second-order valence-electron chi connectivity index (χ2n) is 4.76. The molecule has 4 nitrogen and oxygen atoms in total. The first-order valence-corrected chi connectivity index (χ1v) is 6.00. The molecule has 0 spiro atoms. The second kappa shape index (κ2) is 5.04. The van der Waals surface area contributed by atoms with Crippen molar-refractivity contribution < 1.29 is 0 Å². The molecule has 18 heavy (non-hydrogen) atoms. The standard InChI is InChI=1S/C14H17N3O/c1-10(2)9-17-14(18)7-6-13(16-17)11-4-3-5-12(15)8-11/h3-8,10H,9,15H2,1-2H3. The molecule has 0 fully saturated rings. The molecule has 0 aliphatic carbocycles. The van der Waals surface area contributed by atoms with Crippen molar-refractivity contribution in [1.82, 2.24) is 9.78 Å². The molecule has 1 aromatic heterocycles. The fourth-order valence-corrected chi connectivity index (χ4v) is 1.78. The monoisotopic (exact) mass is 243 g/mol. The largest absolute Gasteiger partial charge is 0.399 e. The van der Waals surface area contributed by atoms with E-state index in [4.69, 9.17) is 5.73 Å². The summed E-state index contributed by atoms with van der Waals surface area (Å²) in [5.41, 5.74) is 8.06. The Morgan fingerprint density at radius 3 is 2.72 bits per heavy atom. The third kappa shape index (κ3) is 2.77. The Balaban J connectivity index is 2.43. The summed E-state index contributed by atoms with van der Waals surface area (Å²) in [6.45, 7) is 4.73. The zero-order valence-electron chi connectivity index (χ0n) is 10.6. The minimum Gasteiger partial charge on any atom is -0.399 e. The van der Waals surface area contributed by atoms with Crippen LogP contribution in [0.25, 0.3) is 11.3 Å². The van der Waals surface area contributed by atoms with Crippen LogP contribution in [0.5, 0.6) is 0 Å². The van der Waals surface area contributed by atoms with E-state index < -0.39 is 0 Å². The van der Waals surface area contributed by atoms with Crippen LogP contribution in [0.15, 0.2) is 41.2 Å². The second-order valence-corrected chi connectivity index (χ2v) is 4.76. The molecule has 2 N–H and O–H groups in total. The Morgan fingerprint density at radius 2 is 2.06 bits per heavy atom. The van der Waals surface area contributed by atoms with Crippen LogP contribution in [0.3, 0.4) is 0 Å². The van der Waals surface area contributed by atoms with Crippen molar-refractivity contribution in [2.45, 2.75) is 20.4 Å². The van der Waals surface area contributed by atoms with Crippen molar-refractivity contribution in [3.8, 4) is 11.3 Å². The first-order chi connectivity index (χ1) is 8.56. The molecular weight excluding hydrogens is 226 g/mol. The SMILES string of the molecule is CC(C)Cn1nc(-c2cccc(N)c2)ccc1=O. The zero-order valence-corrected chi connectivity index (χ0v) is 10.6. The number of aromatic nitrogens is 2. The lowest BCUT2D eigenvalue weighted by atomic mass is 10.1. The van der Waals surface area contributed by atoms with Gasteiger partial charge in [0.25, 0.3) is 5.56 Å². The van der Waals surface area contributed by atoms with Crippen molar-refractivity contribution in [2.75, 3.05) is 5.73 Å². The number of anilines is 1. The molecule has 4 heteroatoms. The van der Waals surface area contributed by atoms with E-state index in [9.17, 15) is 4.79 Å². The summed E-state index contributed by atoms with van der Waals surface area (Å²) < 4.78 is 1.50. The zero-order chi connectivity index (χ0) is 13.1. The lowest BCUT2D eigenvalue weighted by molar-refractivity contribution is 0.465. The highest BCUT2D eigenvalue weighted by atomic mass is 16.1. The topological polar surface area (TPSA) is 60.9 Å². The molecule has 0 amide bonds. The molecule has 0 atom stereocenters. The van der Waals surface area contributed by atoms with E-state index in [2.05, 4.69) is 18.9 Å². The van der Waals surface area contributed by atoms with Crippen LogP contribution in [-0.2, 0) is 6.54 Å². The molecule has 0 aliphatic rings. The number of nitrogens with two attached hydrogens (primary N) is 1. The number of hydrogen-bond acceptors (Lipinski definition) is 3. The average Bonchev–Trinajstić information content (AvgIpc) is 2.31. The van der Waals surface area contributed by atoms with Gasteiger partial charge in [0.05, 0.1) is 5.69 Å². The molecule has 94 valence electrons. The smallest absolute Gasteiger partial charge is 0.266 e. The molecule has 0 unspecified atom stereocenters. The maximum Gasteiger partial charge on any atom is 0.266 e. The number of nitrogens with zero attached hydrogens (tertiary/aromatic N) is 2. The summed E-state index contributed by atoms with van der Waals surface area (Å²) in [5, 5.41) is 4.37. The minimum atomic E-state index is -0.0728. The summed E-state index contributed by atoms with van der Waals surface area (Å²) in [5.74, 6) is 0.381. The molecule has 1 aromatic carbocycles. The molecule has 0 bridgehead atoms. The Labute approximate surface area is 106 Å². The third-order valence-electron chi connectivity index (χ3n) is 2.59. The van der Waals surface area contributed by atoms with Gasteiger partial charge in [-0.05, 0) is 24.1 Å². The van der Waals surface area contributed by atoms with Crippen LogP contribution in [0.2, 0.25) is 0 Å². The van der Waals surface area contributed by atoms with Gasteiger partial charge in [0.2, 0.25) is 0 Å². The first-order valence-electron chi connectivity index (χ1n) is 6.00. The van der Waals surface area contributed by atoms with Crippen molar-refractivity contribution in [3.05, 3.63) is 46.8 Å². The van der Waals surface area contributed by atoms with Gasteiger partial charge in [-0.1, -0.05) is 26.0 Å². The summed E-state index contributed by atoms with van der Waals surface area (Å²) in [4.78, 5) is 11.7. The summed E-state index contributed by atoms with van der Waals surface area (Å²) in [6.07, 6.45) is 0. The summed E-state index contributed by atoms with van der Waals surface area (Å²) in [6, 6.07) is 10.8. The number of hydrogen-bond donors (Lipinski definition) is 1. The Morgan fingerprint density at radius 1 is 1.28 bits per heavy atom. The van der Waals surface area contributed by atoms with Gasteiger partial charge in [-0.25, -0.2) is 4.68 Å². The quantitative estimate of drug-likeness (QED) is 0.840. The summed E-state index contributed by atoms with van der Waals surface area (Å²) in [7, 11) is 0. The fraction of sp³-hybridized carbons (Fsp3) is 0.286. The van der Waals surface area contributed by atoms with Gasteiger partial charge in [-0.15, -0.1) is 0 Å². The molecular formula is C14H17N3O. The Kier molecular flexibility index (Phi) is 3.46. The maximum atomic E-state index is 11.7. The molecule has 1 heterocycles.